The van der Waals surface area contributed by atoms with E-state index in [1.807, 2.05) is 0 Å². The third-order valence-electron chi connectivity index (χ3n) is 8.70. The molecule has 0 aliphatic rings. The van der Waals surface area contributed by atoms with Crippen molar-refractivity contribution in [3.05, 3.63) is 158 Å². The number of fused-ring (bicyclic) bond motifs is 9. The molecule has 0 aliphatic carbocycles. The van der Waals surface area contributed by atoms with E-state index in [9.17, 15) is 0 Å². The molecule has 2 heterocycles. The topological polar surface area (TPSA) is 9.86 Å². The third-order valence-corrected chi connectivity index (χ3v) is 8.70. The largest absolute Gasteiger partial charge is 0.309 e. The van der Waals surface area contributed by atoms with Gasteiger partial charge in [0.05, 0.1) is 22.1 Å². The molecule has 0 saturated carbocycles. The van der Waals surface area contributed by atoms with Crippen LogP contribution in [0.4, 0.5) is 0 Å². The SMILES string of the molecule is c1ccc(-c2ccc(-n3c4ccccc4c4ccc5c(c6ccc7ccccc7c6n5-c5ccccc5)c43)cc2)cc1. The first kappa shape index (κ1) is 23.1. The molecule has 2 aromatic heterocycles. The number of rotatable bonds is 3. The van der Waals surface area contributed by atoms with Gasteiger partial charge in [-0.05, 0) is 52.9 Å². The molecule has 7 aromatic carbocycles. The van der Waals surface area contributed by atoms with Crippen LogP contribution in [0.25, 0.3) is 76.9 Å². The van der Waals surface area contributed by atoms with Crippen LogP contribution in [0.3, 0.4) is 0 Å². The van der Waals surface area contributed by atoms with Gasteiger partial charge in [0.15, 0.2) is 0 Å². The molecule has 0 aliphatic heterocycles. The van der Waals surface area contributed by atoms with Crippen molar-refractivity contribution in [3.63, 3.8) is 0 Å². The zero-order valence-corrected chi connectivity index (χ0v) is 22.9. The van der Waals surface area contributed by atoms with Crippen molar-refractivity contribution in [1.29, 1.82) is 0 Å². The van der Waals surface area contributed by atoms with Crippen molar-refractivity contribution < 1.29 is 0 Å². The highest BCUT2D eigenvalue weighted by atomic mass is 15.0. The number of aromatic nitrogens is 2. The molecule has 2 nitrogen and oxygen atoms in total. The lowest BCUT2D eigenvalue weighted by atomic mass is 10.0. The van der Waals surface area contributed by atoms with E-state index in [0.717, 1.165) is 5.69 Å². The van der Waals surface area contributed by atoms with Gasteiger partial charge in [0, 0.05) is 38.3 Å². The minimum Gasteiger partial charge on any atom is -0.309 e. The summed E-state index contributed by atoms with van der Waals surface area (Å²) in [4.78, 5) is 0. The van der Waals surface area contributed by atoms with Gasteiger partial charge < -0.3 is 9.13 Å². The van der Waals surface area contributed by atoms with Gasteiger partial charge in [0.2, 0.25) is 0 Å². The minimum absolute atomic E-state index is 1.16. The monoisotopic (exact) mass is 534 g/mol. The summed E-state index contributed by atoms with van der Waals surface area (Å²) in [6, 6.07) is 57.1. The van der Waals surface area contributed by atoms with Gasteiger partial charge in [-0.1, -0.05) is 121 Å². The van der Waals surface area contributed by atoms with E-state index < -0.39 is 0 Å². The predicted molar refractivity (Wildman–Crippen MR) is 178 cm³/mol. The van der Waals surface area contributed by atoms with E-state index in [-0.39, 0.29) is 0 Å². The van der Waals surface area contributed by atoms with Crippen molar-refractivity contribution in [2.75, 3.05) is 0 Å². The molecule has 0 unspecified atom stereocenters. The van der Waals surface area contributed by atoms with Gasteiger partial charge in [-0.2, -0.15) is 0 Å². The highest BCUT2D eigenvalue weighted by molar-refractivity contribution is 6.29. The first-order chi connectivity index (χ1) is 20.9. The standard InChI is InChI=1S/C40H26N2/c1-3-11-27(12-4-1)28-19-22-31(23-20-28)41-36-18-10-9-17-33(36)34-25-26-37-38(40(34)41)35-24-21-29-13-7-8-16-32(29)39(35)42(37)30-14-5-2-6-15-30/h1-26H. The number of hydrogen-bond donors (Lipinski definition) is 0. The summed E-state index contributed by atoms with van der Waals surface area (Å²) in [5.74, 6) is 0. The lowest BCUT2D eigenvalue weighted by molar-refractivity contribution is 1.18. The molecule has 0 saturated heterocycles. The molecule has 9 rings (SSSR count). The summed E-state index contributed by atoms with van der Waals surface area (Å²) < 4.78 is 4.92. The van der Waals surface area contributed by atoms with Gasteiger partial charge in [0.1, 0.15) is 0 Å². The Morgan fingerprint density at radius 3 is 1.71 bits per heavy atom. The van der Waals surface area contributed by atoms with E-state index in [0.29, 0.717) is 0 Å². The Bertz CT molecular complexity index is 2430. The van der Waals surface area contributed by atoms with Crippen molar-refractivity contribution in [1.82, 2.24) is 9.13 Å². The Labute approximate surface area is 243 Å². The summed E-state index contributed by atoms with van der Waals surface area (Å²) >= 11 is 0. The molecule has 0 bridgehead atoms. The molecular weight excluding hydrogens is 508 g/mol. The predicted octanol–water partition coefficient (Wildman–Crippen LogP) is 10.7. The summed E-state index contributed by atoms with van der Waals surface area (Å²) in [6.07, 6.45) is 0. The lowest BCUT2D eigenvalue weighted by Crippen LogP contribution is -1.95. The summed E-state index contributed by atoms with van der Waals surface area (Å²) in [5.41, 5.74) is 9.70. The Kier molecular flexibility index (Phi) is 4.93. The second kappa shape index (κ2) is 8.95. The molecule has 0 atom stereocenters. The smallest absolute Gasteiger partial charge is 0.0641 e. The van der Waals surface area contributed by atoms with E-state index in [1.165, 1.54) is 71.2 Å². The van der Waals surface area contributed by atoms with E-state index in [2.05, 4.69) is 167 Å². The minimum atomic E-state index is 1.16. The molecule has 0 amide bonds. The average molecular weight is 535 g/mol. The fraction of sp³-hybridized carbons (Fsp3) is 0. The van der Waals surface area contributed by atoms with Gasteiger partial charge in [-0.15, -0.1) is 0 Å². The van der Waals surface area contributed by atoms with Crippen LogP contribution in [0.5, 0.6) is 0 Å². The highest BCUT2D eigenvalue weighted by Gasteiger charge is 2.21. The van der Waals surface area contributed by atoms with Gasteiger partial charge in [0.25, 0.3) is 0 Å². The van der Waals surface area contributed by atoms with Crippen molar-refractivity contribution >= 4 is 54.4 Å². The summed E-state index contributed by atoms with van der Waals surface area (Å²) in [7, 11) is 0. The Morgan fingerprint density at radius 1 is 0.310 bits per heavy atom. The maximum atomic E-state index is 2.46. The maximum absolute atomic E-state index is 2.46. The molecular formula is C40H26N2. The van der Waals surface area contributed by atoms with Crippen LogP contribution in [0.1, 0.15) is 0 Å². The fourth-order valence-corrected chi connectivity index (χ4v) is 6.86. The van der Waals surface area contributed by atoms with Crippen LogP contribution in [-0.4, -0.2) is 9.13 Å². The second-order valence-corrected chi connectivity index (χ2v) is 11.0. The van der Waals surface area contributed by atoms with E-state index in [4.69, 9.17) is 0 Å². The molecule has 9 aromatic rings. The van der Waals surface area contributed by atoms with Crippen LogP contribution < -0.4 is 0 Å². The molecule has 0 N–H and O–H groups in total. The average Bonchev–Trinajstić information content (AvgIpc) is 3.59. The molecule has 196 valence electrons. The van der Waals surface area contributed by atoms with Crippen LogP contribution >= 0.6 is 0 Å². The maximum Gasteiger partial charge on any atom is 0.0641 e. The van der Waals surface area contributed by atoms with Crippen LogP contribution in [-0.2, 0) is 0 Å². The Balaban J connectivity index is 1.45. The number of nitrogens with zero attached hydrogens (tertiary/aromatic N) is 2. The van der Waals surface area contributed by atoms with Crippen molar-refractivity contribution in [3.8, 4) is 22.5 Å². The molecule has 2 heteroatoms. The first-order valence-corrected chi connectivity index (χ1v) is 14.5. The summed E-state index contributed by atoms with van der Waals surface area (Å²) in [6.45, 7) is 0. The van der Waals surface area contributed by atoms with E-state index >= 15 is 0 Å². The van der Waals surface area contributed by atoms with Gasteiger partial charge in [-0.25, -0.2) is 0 Å². The lowest BCUT2D eigenvalue weighted by Gasteiger charge is -2.11. The molecule has 0 fully saturated rings. The van der Waals surface area contributed by atoms with Gasteiger partial charge >= 0.3 is 0 Å². The van der Waals surface area contributed by atoms with Crippen LogP contribution in [0, 0.1) is 0 Å². The Hall–Kier alpha value is -5.60. The third kappa shape index (κ3) is 3.27. The zero-order valence-electron chi connectivity index (χ0n) is 22.9. The van der Waals surface area contributed by atoms with Gasteiger partial charge in [-0.3, -0.25) is 0 Å². The molecule has 0 spiro atoms. The normalized spacial score (nSPS) is 11.8. The highest BCUT2D eigenvalue weighted by Crippen LogP contribution is 2.43. The first-order valence-electron chi connectivity index (χ1n) is 14.5. The number of benzene rings is 7. The number of hydrogen-bond acceptors (Lipinski definition) is 0. The van der Waals surface area contributed by atoms with E-state index in [1.54, 1.807) is 0 Å². The second-order valence-electron chi connectivity index (χ2n) is 11.0. The molecule has 0 radical (unpaired) electrons. The van der Waals surface area contributed by atoms with Crippen molar-refractivity contribution in [2.24, 2.45) is 0 Å². The number of para-hydroxylation sites is 2. The zero-order chi connectivity index (χ0) is 27.6. The molecule has 42 heavy (non-hydrogen) atoms. The van der Waals surface area contributed by atoms with Crippen LogP contribution in [0.15, 0.2) is 158 Å². The quantitative estimate of drug-likeness (QED) is 0.213. The van der Waals surface area contributed by atoms with Crippen molar-refractivity contribution in [2.45, 2.75) is 0 Å². The fourth-order valence-electron chi connectivity index (χ4n) is 6.86. The summed E-state index contributed by atoms with van der Waals surface area (Å²) in [5, 5.41) is 7.59. The van der Waals surface area contributed by atoms with Crippen LogP contribution in [0.2, 0.25) is 0 Å². The Morgan fingerprint density at radius 2 is 0.905 bits per heavy atom.